The van der Waals surface area contributed by atoms with Crippen molar-refractivity contribution in [2.75, 3.05) is 26.8 Å². The Morgan fingerprint density at radius 3 is 2.59 bits per heavy atom. The van der Waals surface area contributed by atoms with Crippen LogP contribution in [0, 0.1) is 0 Å². The van der Waals surface area contributed by atoms with Crippen molar-refractivity contribution in [3.8, 4) is 0 Å². The van der Waals surface area contributed by atoms with Crippen molar-refractivity contribution in [3.63, 3.8) is 0 Å². The van der Waals surface area contributed by atoms with Crippen LogP contribution < -0.4 is 10.6 Å². The van der Waals surface area contributed by atoms with E-state index in [1.807, 2.05) is 29.9 Å². The molecule has 0 spiro atoms. The number of nitrogens with one attached hydrogen (secondary N) is 2. The van der Waals surface area contributed by atoms with E-state index in [0.717, 1.165) is 50.1 Å². The Kier molecular flexibility index (Phi) is 8.44. The van der Waals surface area contributed by atoms with Crippen molar-refractivity contribution in [1.29, 1.82) is 0 Å². The van der Waals surface area contributed by atoms with Gasteiger partial charge in [0.2, 0.25) is 0 Å². The van der Waals surface area contributed by atoms with Crippen LogP contribution in [0.4, 0.5) is 0 Å². The Bertz CT molecular complexity index is 756. The number of aryl methyl sites for hydroxylation is 1. The summed E-state index contributed by atoms with van der Waals surface area (Å²) in [6, 6.07) is 10.2. The van der Waals surface area contributed by atoms with E-state index in [1.165, 1.54) is 11.1 Å². The lowest BCUT2D eigenvalue weighted by Gasteiger charge is -2.38. The van der Waals surface area contributed by atoms with Gasteiger partial charge >= 0.3 is 0 Å². The van der Waals surface area contributed by atoms with Crippen molar-refractivity contribution in [1.82, 2.24) is 15.2 Å². The third-order valence-corrected chi connectivity index (χ3v) is 5.40. The van der Waals surface area contributed by atoms with Gasteiger partial charge in [0.15, 0.2) is 5.96 Å². The van der Waals surface area contributed by atoms with Gasteiger partial charge in [-0.15, -0.1) is 24.0 Å². The van der Waals surface area contributed by atoms with E-state index in [2.05, 4.69) is 40.0 Å². The predicted molar refractivity (Wildman–Crippen MR) is 122 cm³/mol. The molecule has 0 atom stereocenters. The highest BCUT2D eigenvalue weighted by Gasteiger charge is 2.36. The van der Waals surface area contributed by atoms with Crippen LogP contribution in [-0.4, -0.2) is 37.3 Å². The minimum Gasteiger partial charge on any atom is -0.381 e. The van der Waals surface area contributed by atoms with Gasteiger partial charge in [0.1, 0.15) is 0 Å². The normalized spacial score (nSPS) is 16.5. The average Bonchev–Trinajstić information content (AvgIpc) is 3.08. The van der Waals surface area contributed by atoms with Gasteiger partial charge in [-0.1, -0.05) is 29.8 Å². The summed E-state index contributed by atoms with van der Waals surface area (Å²) in [5, 5.41) is 7.71. The van der Waals surface area contributed by atoms with Gasteiger partial charge in [-0.25, -0.2) is 0 Å². The van der Waals surface area contributed by atoms with Crippen molar-refractivity contribution in [2.24, 2.45) is 12.0 Å². The molecule has 1 fully saturated rings. The van der Waals surface area contributed by atoms with Gasteiger partial charge in [-0.3, -0.25) is 4.99 Å². The Labute approximate surface area is 183 Å². The van der Waals surface area contributed by atoms with E-state index in [1.54, 1.807) is 7.05 Å². The summed E-state index contributed by atoms with van der Waals surface area (Å²) < 4.78 is 7.65. The van der Waals surface area contributed by atoms with E-state index in [9.17, 15) is 0 Å². The number of rotatable bonds is 5. The number of halogens is 2. The first-order valence-electron chi connectivity index (χ1n) is 9.01. The quantitative estimate of drug-likeness (QED) is 0.372. The second-order valence-corrected chi connectivity index (χ2v) is 7.24. The molecular weight excluding hydrogens is 475 g/mol. The summed E-state index contributed by atoms with van der Waals surface area (Å²) in [6.07, 6.45) is 6.03. The van der Waals surface area contributed by atoms with Gasteiger partial charge in [-0.05, 0) is 36.1 Å². The smallest absolute Gasteiger partial charge is 0.191 e. The molecule has 2 N–H and O–H groups in total. The average molecular weight is 503 g/mol. The summed E-state index contributed by atoms with van der Waals surface area (Å²) in [4.78, 5) is 4.36. The molecule has 0 saturated carbocycles. The second-order valence-electron chi connectivity index (χ2n) is 6.84. The number of aliphatic imine (C=N–C) groups is 1. The molecule has 5 nitrogen and oxygen atoms in total. The predicted octanol–water partition coefficient (Wildman–Crippen LogP) is 3.71. The van der Waals surface area contributed by atoms with E-state index in [4.69, 9.17) is 16.3 Å². The van der Waals surface area contributed by atoms with Crippen LogP contribution in [0.1, 0.15) is 24.0 Å². The molecule has 2 heterocycles. The van der Waals surface area contributed by atoms with Gasteiger partial charge in [0.05, 0.1) is 0 Å². The highest BCUT2D eigenvalue weighted by molar-refractivity contribution is 14.0. The third-order valence-electron chi connectivity index (χ3n) is 5.07. The SMILES string of the molecule is CN=C(NCc1ccn(C)c1)NCC1(c2ccccc2Cl)CCOCC1.I. The van der Waals surface area contributed by atoms with Crippen LogP contribution in [-0.2, 0) is 23.7 Å². The summed E-state index contributed by atoms with van der Waals surface area (Å²) in [5.74, 6) is 0.798. The van der Waals surface area contributed by atoms with Crippen LogP contribution in [0.15, 0.2) is 47.7 Å². The summed E-state index contributed by atoms with van der Waals surface area (Å²) in [5.41, 5.74) is 2.37. The van der Waals surface area contributed by atoms with Crippen molar-refractivity contribution >= 4 is 41.5 Å². The van der Waals surface area contributed by atoms with Crippen LogP contribution in [0.2, 0.25) is 5.02 Å². The Hall–Kier alpha value is -1.25. The molecule has 1 aromatic heterocycles. The van der Waals surface area contributed by atoms with Crippen LogP contribution in [0.5, 0.6) is 0 Å². The molecule has 0 amide bonds. The fourth-order valence-corrected chi connectivity index (χ4v) is 3.86. The first-order valence-corrected chi connectivity index (χ1v) is 9.39. The maximum atomic E-state index is 6.52. The Morgan fingerprint density at radius 2 is 1.96 bits per heavy atom. The van der Waals surface area contributed by atoms with Gasteiger partial charge in [0, 0.05) is 63.2 Å². The molecule has 3 rings (SSSR count). The molecule has 0 radical (unpaired) electrons. The minimum absolute atomic E-state index is 0. The molecule has 0 bridgehead atoms. The molecule has 1 aliphatic rings. The highest BCUT2D eigenvalue weighted by Crippen LogP contribution is 2.38. The molecule has 1 saturated heterocycles. The molecule has 0 unspecified atom stereocenters. The lowest BCUT2D eigenvalue weighted by atomic mass is 9.74. The lowest BCUT2D eigenvalue weighted by molar-refractivity contribution is 0.0514. The Balaban J connectivity index is 0.00000261. The zero-order chi connectivity index (χ0) is 18.4. The summed E-state index contributed by atoms with van der Waals surface area (Å²) in [6.45, 7) is 3.02. The number of aromatic nitrogens is 1. The molecule has 1 aliphatic heterocycles. The summed E-state index contributed by atoms with van der Waals surface area (Å²) in [7, 11) is 3.82. The third kappa shape index (κ3) is 5.62. The van der Waals surface area contributed by atoms with E-state index in [-0.39, 0.29) is 29.4 Å². The van der Waals surface area contributed by atoms with Crippen LogP contribution >= 0.6 is 35.6 Å². The van der Waals surface area contributed by atoms with Crippen molar-refractivity contribution in [3.05, 3.63) is 58.9 Å². The minimum atomic E-state index is -0.0407. The number of ether oxygens (including phenoxy) is 1. The summed E-state index contributed by atoms with van der Waals surface area (Å²) >= 11 is 6.52. The van der Waals surface area contributed by atoms with Crippen LogP contribution in [0.25, 0.3) is 0 Å². The fraction of sp³-hybridized carbons (Fsp3) is 0.450. The maximum absolute atomic E-state index is 6.52. The molecular formula is C20H28ClIN4O. The van der Waals surface area contributed by atoms with Crippen LogP contribution in [0.3, 0.4) is 0 Å². The molecule has 148 valence electrons. The zero-order valence-electron chi connectivity index (χ0n) is 15.9. The monoisotopic (exact) mass is 502 g/mol. The van der Waals surface area contributed by atoms with Crippen molar-refractivity contribution < 1.29 is 4.74 Å². The first-order chi connectivity index (χ1) is 12.6. The van der Waals surface area contributed by atoms with Gasteiger partial charge in [0.25, 0.3) is 0 Å². The first kappa shape index (κ1) is 22.0. The Morgan fingerprint density at radius 1 is 1.22 bits per heavy atom. The van der Waals surface area contributed by atoms with Crippen molar-refractivity contribution in [2.45, 2.75) is 24.8 Å². The lowest BCUT2D eigenvalue weighted by Crippen LogP contribution is -2.48. The molecule has 27 heavy (non-hydrogen) atoms. The fourth-order valence-electron chi connectivity index (χ4n) is 3.52. The molecule has 0 aliphatic carbocycles. The highest BCUT2D eigenvalue weighted by atomic mass is 127. The number of benzene rings is 1. The van der Waals surface area contributed by atoms with E-state index >= 15 is 0 Å². The number of hydrogen-bond donors (Lipinski definition) is 2. The zero-order valence-corrected chi connectivity index (χ0v) is 19.0. The second kappa shape index (κ2) is 10.3. The number of nitrogens with zero attached hydrogens (tertiary/aromatic N) is 2. The standard InChI is InChI=1S/C20H27ClN4O.HI/c1-22-19(23-13-16-7-10-25(2)14-16)24-15-20(8-11-26-12-9-20)17-5-3-4-6-18(17)21;/h3-7,10,14H,8-9,11-13,15H2,1-2H3,(H2,22,23,24);1H. The maximum Gasteiger partial charge on any atom is 0.191 e. The van der Waals surface area contributed by atoms with E-state index in [0.29, 0.717) is 0 Å². The van der Waals surface area contributed by atoms with Gasteiger partial charge < -0.3 is 19.9 Å². The topological polar surface area (TPSA) is 50.6 Å². The molecule has 2 aromatic rings. The molecule has 7 heteroatoms. The van der Waals surface area contributed by atoms with Gasteiger partial charge in [-0.2, -0.15) is 0 Å². The number of guanidine groups is 1. The van der Waals surface area contributed by atoms with E-state index < -0.39 is 0 Å². The molecule has 1 aromatic carbocycles. The number of hydrogen-bond acceptors (Lipinski definition) is 2. The largest absolute Gasteiger partial charge is 0.381 e.